The lowest BCUT2D eigenvalue weighted by atomic mass is 10.3. The van der Waals surface area contributed by atoms with Crippen LogP contribution in [0.2, 0.25) is 0 Å². The van der Waals surface area contributed by atoms with Crippen molar-refractivity contribution in [3.05, 3.63) is 27.1 Å². The molecule has 0 aromatic heterocycles. The van der Waals surface area contributed by atoms with Gasteiger partial charge in [-0.15, -0.1) is 13.2 Å². The second-order valence-electron chi connectivity index (χ2n) is 2.85. The summed E-state index contributed by atoms with van der Waals surface area (Å²) in [5.74, 6) is 0. The number of nitrogens with one attached hydrogen (secondary N) is 1. The monoisotopic (exact) mass is 361 g/mol. The fraction of sp³-hybridized carbons (Fsp3) is 0.333. The molecule has 1 aromatic rings. The van der Waals surface area contributed by atoms with Gasteiger partial charge in [0.25, 0.3) is 0 Å². The topological polar surface area (TPSA) is 21.3 Å². The van der Waals surface area contributed by atoms with Gasteiger partial charge in [-0.3, -0.25) is 4.74 Å². The Balaban J connectivity index is 2.38. The van der Waals surface area contributed by atoms with E-state index in [1.165, 1.54) is 0 Å². The van der Waals surface area contributed by atoms with Crippen molar-refractivity contribution in [2.75, 3.05) is 18.5 Å². The molecule has 1 N–H and O–H groups in total. The average Bonchev–Trinajstić information content (AvgIpc) is 2.13. The molecule has 1 rings (SSSR count). The standard InChI is InChI=1S/C9H8Br2F3NO/c10-6-1-2-8(7(11)5-6)15-3-4-16-9(12,13)14/h1-2,5,15H,3-4H2. The summed E-state index contributed by atoms with van der Waals surface area (Å²) in [4.78, 5) is 0. The number of hydrogen-bond donors (Lipinski definition) is 1. The van der Waals surface area contributed by atoms with Gasteiger partial charge in [0, 0.05) is 21.2 Å². The Labute approximate surface area is 107 Å². The molecule has 0 atom stereocenters. The van der Waals surface area contributed by atoms with E-state index in [-0.39, 0.29) is 6.54 Å². The molecule has 0 radical (unpaired) electrons. The van der Waals surface area contributed by atoms with Gasteiger partial charge in [-0.05, 0) is 34.1 Å². The molecular formula is C9H8Br2F3NO. The predicted molar refractivity (Wildman–Crippen MR) is 62.3 cm³/mol. The first kappa shape index (κ1) is 13.8. The molecule has 0 aliphatic rings. The lowest BCUT2D eigenvalue weighted by Crippen LogP contribution is -2.19. The van der Waals surface area contributed by atoms with Crippen molar-refractivity contribution in [3.8, 4) is 0 Å². The molecule has 0 saturated heterocycles. The van der Waals surface area contributed by atoms with Crippen LogP contribution < -0.4 is 5.32 Å². The Morgan fingerprint density at radius 3 is 2.50 bits per heavy atom. The predicted octanol–water partition coefficient (Wildman–Crippen LogP) is 4.16. The number of alkyl halides is 3. The molecule has 1 aromatic carbocycles. The lowest BCUT2D eigenvalue weighted by Gasteiger charge is -2.10. The van der Waals surface area contributed by atoms with E-state index < -0.39 is 13.0 Å². The molecule has 0 spiro atoms. The van der Waals surface area contributed by atoms with E-state index in [4.69, 9.17) is 0 Å². The van der Waals surface area contributed by atoms with Crippen LogP contribution >= 0.6 is 31.9 Å². The Hall–Kier alpha value is -0.270. The number of anilines is 1. The SMILES string of the molecule is FC(F)(F)OCCNc1ccc(Br)cc1Br. The molecule has 0 fully saturated rings. The van der Waals surface area contributed by atoms with Crippen LogP contribution in [0.25, 0.3) is 0 Å². The Kier molecular flexibility index (Phi) is 5.07. The Bertz CT molecular complexity index is 357. The molecule has 0 aliphatic heterocycles. The summed E-state index contributed by atoms with van der Waals surface area (Å²) in [5, 5.41) is 2.82. The minimum Gasteiger partial charge on any atom is -0.382 e. The van der Waals surface area contributed by atoms with Crippen molar-refractivity contribution in [3.63, 3.8) is 0 Å². The molecule has 2 nitrogen and oxygen atoms in total. The van der Waals surface area contributed by atoms with Crippen molar-refractivity contribution in [1.82, 2.24) is 0 Å². The third-order valence-corrected chi connectivity index (χ3v) is 2.76. The summed E-state index contributed by atoms with van der Waals surface area (Å²) in [7, 11) is 0. The van der Waals surface area contributed by atoms with Gasteiger partial charge in [0.1, 0.15) is 0 Å². The highest BCUT2D eigenvalue weighted by atomic mass is 79.9. The molecule has 16 heavy (non-hydrogen) atoms. The maximum Gasteiger partial charge on any atom is 0.522 e. The zero-order valence-electron chi connectivity index (χ0n) is 7.94. The lowest BCUT2D eigenvalue weighted by molar-refractivity contribution is -0.322. The molecular weight excluding hydrogens is 355 g/mol. The van der Waals surface area contributed by atoms with Crippen molar-refractivity contribution in [2.24, 2.45) is 0 Å². The molecule has 0 heterocycles. The van der Waals surface area contributed by atoms with E-state index in [1.807, 2.05) is 0 Å². The summed E-state index contributed by atoms with van der Waals surface area (Å²) in [5.41, 5.74) is 0.717. The summed E-state index contributed by atoms with van der Waals surface area (Å²) >= 11 is 6.56. The smallest absolute Gasteiger partial charge is 0.382 e. The van der Waals surface area contributed by atoms with Crippen LogP contribution in [0.5, 0.6) is 0 Å². The van der Waals surface area contributed by atoms with Gasteiger partial charge in [-0.25, -0.2) is 0 Å². The number of halogens is 5. The third-order valence-electron chi connectivity index (χ3n) is 1.61. The van der Waals surface area contributed by atoms with Gasteiger partial charge >= 0.3 is 6.36 Å². The Morgan fingerprint density at radius 1 is 1.25 bits per heavy atom. The molecule has 0 amide bonds. The number of rotatable bonds is 4. The van der Waals surface area contributed by atoms with Gasteiger partial charge in [0.2, 0.25) is 0 Å². The number of ether oxygens (including phenoxy) is 1. The summed E-state index contributed by atoms with van der Waals surface area (Å²) in [6.07, 6.45) is -4.57. The van der Waals surface area contributed by atoms with Crippen molar-refractivity contribution in [1.29, 1.82) is 0 Å². The second kappa shape index (κ2) is 5.88. The molecule has 0 aliphatic carbocycles. The van der Waals surface area contributed by atoms with Gasteiger partial charge in [-0.2, -0.15) is 0 Å². The minimum absolute atomic E-state index is 0.0831. The van der Waals surface area contributed by atoms with Gasteiger partial charge in [0.05, 0.1) is 6.61 Å². The van der Waals surface area contributed by atoms with E-state index >= 15 is 0 Å². The molecule has 7 heteroatoms. The van der Waals surface area contributed by atoms with Crippen molar-refractivity contribution in [2.45, 2.75) is 6.36 Å². The van der Waals surface area contributed by atoms with Crippen LogP contribution in [-0.2, 0) is 4.74 Å². The summed E-state index contributed by atoms with van der Waals surface area (Å²) in [6, 6.07) is 5.34. The van der Waals surface area contributed by atoms with Crippen LogP contribution in [0.3, 0.4) is 0 Å². The zero-order valence-corrected chi connectivity index (χ0v) is 11.1. The van der Waals surface area contributed by atoms with Crippen LogP contribution in [0, 0.1) is 0 Å². The van der Waals surface area contributed by atoms with Crippen molar-refractivity contribution >= 4 is 37.5 Å². The number of hydrogen-bond acceptors (Lipinski definition) is 2. The first-order chi connectivity index (χ1) is 7.38. The van der Waals surface area contributed by atoms with E-state index in [0.29, 0.717) is 5.69 Å². The van der Waals surface area contributed by atoms with E-state index in [9.17, 15) is 13.2 Å². The maximum absolute atomic E-state index is 11.6. The van der Waals surface area contributed by atoms with Crippen LogP contribution in [0.15, 0.2) is 27.1 Å². The fourth-order valence-corrected chi connectivity index (χ4v) is 2.17. The Morgan fingerprint density at radius 2 is 1.94 bits per heavy atom. The zero-order chi connectivity index (χ0) is 12.2. The van der Waals surface area contributed by atoms with Crippen molar-refractivity contribution < 1.29 is 17.9 Å². The van der Waals surface area contributed by atoms with E-state index in [1.54, 1.807) is 18.2 Å². The molecule has 90 valence electrons. The largest absolute Gasteiger partial charge is 0.522 e. The summed E-state index contributed by atoms with van der Waals surface area (Å²) < 4.78 is 40.2. The highest BCUT2D eigenvalue weighted by molar-refractivity contribution is 9.11. The molecule has 0 unspecified atom stereocenters. The first-order valence-corrected chi connectivity index (χ1v) is 5.87. The van der Waals surface area contributed by atoms with E-state index in [2.05, 4.69) is 41.9 Å². The quantitative estimate of drug-likeness (QED) is 0.812. The normalized spacial score (nSPS) is 11.6. The first-order valence-electron chi connectivity index (χ1n) is 4.28. The van der Waals surface area contributed by atoms with Crippen LogP contribution in [0.4, 0.5) is 18.9 Å². The fourth-order valence-electron chi connectivity index (χ4n) is 0.985. The van der Waals surface area contributed by atoms with E-state index in [0.717, 1.165) is 8.95 Å². The maximum atomic E-state index is 11.6. The molecule has 0 saturated carbocycles. The molecule has 0 bridgehead atoms. The van der Waals surface area contributed by atoms with Gasteiger partial charge in [-0.1, -0.05) is 15.9 Å². The second-order valence-corrected chi connectivity index (χ2v) is 4.62. The minimum atomic E-state index is -4.57. The van der Waals surface area contributed by atoms with Gasteiger partial charge < -0.3 is 5.32 Å². The number of benzene rings is 1. The highest BCUT2D eigenvalue weighted by Gasteiger charge is 2.28. The van der Waals surface area contributed by atoms with Gasteiger partial charge in [0.15, 0.2) is 0 Å². The third kappa shape index (κ3) is 5.18. The summed E-state index contributed by atoms with van der Waals surface area (Å²) in [6.45, 7) is -0.342. The average molecular weight is 363 g/mol. The highest BCUT2D eigenvalue weighted by Crippen LogP contribution is 2.26. The van der Waals surface area contributed by atoms with Crippen LogP contribution in [-0.4, -0.2) is 19.5 Å². The van der Waals surface area contributed by atoms with Crippen LogP contribution in [0.1, 0.15) is 0 Å².